The lowest BCUT2D eigenvalue weighted by atomic mass is 9.73. The van der Waals surface area contributed by atoms with Gasteiger partial charge in [-0.1, -0.05) is 32.8 Å². The van der Waals surface area contributed by atoms with Gasteiger partial charge in [0.05, 0.1) is 5.03 Å². The third kappa shape index (κ3) is 2.38. The van der Waals surface area contributed by atoms with Crippen LogP contribution in [0.5, 0.6) is 0 Å². The molecule has 1 saturated carbocycles. The lowest BCUT2D eigenvalue weighted by Gasteiger charge is -2.40. The van der Waals surface area contributed by atoms with E-state index in [1.807, 2.05) is 0 Å². The number of fused-ring (bicyclic) bond motifs is 1. The van der Waals surface area contributed by atoms with Gasteiger partial charge < -0.3 is 4.90 Å². The quantitative estimate of drug-likeness (QED) is 0.728. The largest absolute Gasteiger partial charge is 0.366 e. The standard InChI is InChI=1S/C15H27NS/c1-5-8-12-11(6-2)9-10-13-15(12)17-14(7-3)16(13)4/h7,11-13,15H,5-6,8-10H2,1-4H3/b14-7-. The van der Waals surface area contributed by atoms with E-state index in [1.165, 1.54) is 37.1 Å². The van der Waals surface area contributed by atoms with Crippen molar-refractivity contribution in [1.82, 2.24) is 4.90 Å². The Bertz CT molecular complexity index is 287. The van der Waals surface area contributed by atoms with Gasteiger partial charge in [-0.2, -0.15) is 0 Å². The summed E-state index contributed by atoms with van der Waals surface area (Å²) in [5.41, 5.74) is 0. The van der Waals surface area contributed by atoms with Crippen LogP contribution in [0, 0.1) is 11.8 Å². The second-order valence-corrected chi connectivity index (χ2v) is 6.78. The van der Waals surface area contributed by atoms with E-state index in [1.54, 1.807) is 0 Å². The Kier molecular flexibility index (Phi) is 4.46. The van der Waals surface area contributed by atoms with Gasteiger partial charge in [0.15, 0.2) is 0 Å². The molecule has 1 aliphatic heterocycles. The van der Waals surface area contributed by atoms with Crippen LogP contribution in [0.25, 0.3) is 0 Å². The summed E-state index contributed by atoms with van der Waals surface area (Å²) >= 11 is 2.16. The number of hydrogen-bond acceptors (Lipinski definition) is 2. The van der Waals surface area contributed by atoms with Gasteiger partial charge in [-0.15, -0.1) is 11.8 Å². The molecule has 1 saturated heterocycles. The van der Waals surface area contributed by atoms with Crippen LogP contribution in [0.15, 0.2) is 11.1 Å². The Labute approximate surface area is 111 Å². The summed E-state index contributed by atoms with van der Waals surface area (Å²) in [6.45, 7) is 6.91. The first-order chi connectivity index (χ1) is 8.22. The van der Waals surface area contributed by atoms with E-state index in [-0.39, 0.29) is 0 Å². The molecule has 0 aromatic rings. The first-order valence-electron chi connectivity index (χ1n) is 7.28. The van der Waals surface area contributed by atoms with Crippen molar-refractivity contribution < 1.29 is 0 Å². The minimum absolute atomic E-state index is 0.811. The highest BCUT2D eigenvalue weighted by atomic mass is 32.2. The van der Waals surface area contributed by atoms with E-state index >= 15 is 0 Å². The van der Waals surface area contributed by atoms with Crippen molar-refractivity contribution in [1.29, 1.82) is 0 Å². The fourth-order valence-corrected chi connectivity index (χ4v) is 5.52. The van der Waals surface area contributed by atoms with E-state index in [9.17, 15) is 0 Å². The lowest BCUT2D eigenvalue weighted by Crippen LogP contribution is -2.42. The van der Waals surface area contributed by atoms with Gasteiger partial charge in [-0.25, -0.2) is 0 Å². The number of allylic oxidation sites excluding steroid dienone is 1. The molecule has 0 amide bonds. The maximum atomic E-state index is 2.55. The molecule has 2 heteroatoms. The summed E-state index contributed by atoms with van der Waals surface area (Å²) in [6.07, 6.45) is 9.31. The maximum Gasteiger partial charge on any atom is 0.0667 e. The Morgan fingerprint density at radius 1 is 1.35 bits per heavy atom. The zero-order valence-electron chi connectivity index (χ0n) is 11.8. The Morgan fingerprint density at radius 3 is 2.71 bits per heavy atom. The van der Waals surface area contributed by atoms with Crippen molar-refractivity contribution in [3.63, 3.8) is 0 Å². The van der Waals surface area contributed by atoms with Gasteiger partial charge in [0.25, 0.3) is 0 Å². The van der Waals surface area contributed by atoms with Crippen LogP contribution in [-0.2, 0) is 0 Å². The third-order valence-corrected chi connectivity index (χ3v) is 6.44. The summed E-state index contributed by atoms with van der Waals surface area (Å²) < 4.78 is 0. The highest BCUT2D eigenvalue weighted by Gasteiger charge is 2.45. The van der Waals surface area contributed by atoms with Gasteiger partial charge in [0.2, 0.25) is 0 Å². The normalized spacial score (nSPS) is 39.8. The van der Waals surface area contributed by atoms with Crippen molar-refractivity contribution >= 4 is 11.8 Å². The fraction of sp³-hybridized carbons (Fsp3) is 0.867. The summed E-state index contributed by atoms with van der Waals surface area (Å²) in [6, 6.07) is 0.811. The molecule has 1 heterocycles. The second-order valence-electron chi connectivity index (χ2n) is 5.59. The monoisotopic (exact) mass is 253 g/mol. The average molecular weight is 253 g/mol. The molecule has 0 spiro atoms. The van der Waals surface area contributed by atoms with Crippen molar-refractivity contribution in [2.75, 3.05) is 7.05 Å². The number of thioether (sulfide) groups is 1. The molecule has 4 unspecified atom stereocenters. The molecule has 1 nitrogen and oxygen atoms in total. The topological polar surface area (TPSA) is 3.24 Å². The molecule has 0 N–H and O–H groups in total. The van der Waals surface area contributed by atoms with Crippen LogP contribution in [-0.4, -0.2) is 23.2 Å². The summed E-state index contributed by atoms with van der Waals surface area (Å²) in [5.74, 6) is 1.93. The molecule has 0 bridgehead atoms. The Balaban J connectivity index is 2.17. The van der Waals surface area contributed by atoms with Crippen molar-refractivity contribution in [3.8, 4) is 0 Å². The van der Waals surface area contributed by atoms with E-state index < -0.39 is 0 Å². The molecule has 1 aliphatic carbocycles. The van der Waals surface area contributed by atoms with Gasteiger partial charge in [0, 0.05) is 18.3 Å². The molecule has 2 rings (SSSR count). The smallest absolute Gasteiger partial charge is 0.0667 e. The second kappa shape index (κ2) is 5.69. The Morgan fingerprint density at radius 2 is 2.12 bits per heavy atom. The van der Waals surface area contributed by atoms with E-state index in [0.29, 0.717) is 0 Å². The van der Waals surface area contributed by atoms with E-state index in [4.69, 9.17) is 0 Å². The van der Waals surface area contributed by atoms with Crippen molar-refractivity contribution in [2.45, 2.75) is 64.2 Å². The molecule has 2 fully saturated rings. The molecule has 0 radical (unpaired) electrons. The zero-order valence-corrected chi connectivity index (χ0v) is 12.6. The Hall–Kier alpha value is -0.110. The number of nitrogens with zero attached hydrogens (tertiary/aromatic N) is 1. The SMILES string of the molecule is C/C=C1\SC2C(CCC)C(CC)CCC2N1C. The third-order valence-electron chi connectivity index (χ3n) is 4.74. The molecule has 0 aromatic heterocycles. The van der Waals surface area contributed by atoms with Crippen LogP contribution < -0.4 is 0 Å². The summed E-state index contributed by atoms with van der Waals surface area (Å²) in [7, 11) is 2.29. The molecule has 17 heavy (non-hydrogen) atoms. The van der Waals surface area contributed by atoms with Gasteiger partial charge in [0.1, 0.15) is 0 Å². The van der Waals surface area contributed by atoms with E-state index in [0.717, 1.165) is 23.1 Å². The minimum atomic E-state index is 0.811. The predicted octanol–water partition coefficient (Wildman–Crippen LogP) is 4.50. The fourth-order valence-electron chi connectivity index (χ4n) is 3.79. The molecule has 4 atom stereocenters. The predicted molar refractivity (Wildman–Crippen MR) is 78.1 cm³/mol. The molecular formula is C15H27NS. The minimum Gasteiger partial charge on any atom is -0.366 e. The maximum absolute atomic E-state index is 2.55. The highest BCUT2D eigenvalue weighted by Crippen LogP contribution is 2.50. The molecular weight excluding hydrogens is 226 g/mol. The first kappa shape index (κ1) is 13.3. The molecule has 98 valence electrons. The average Bonchev–Trinajstić information content (AvgIpc) is 2.67. The summed E-state index contributed by atoms with van der Waals surface area (Å²) in [5, 5.41) is 2.38. The molecule has 0 aromatic carbocycles. The van der Waals surface area contributed by atoms with Crippen LogP contribution in [0.4, 0.5) is 0 Å². The van der Waals surface area contributed by atoms with Crippen molar-refractivity contribution in [3.05, 3.63) is 11.1 Å². The van der Waals surface area contributed by atoms with Crippen LogP contribution >= 0.6 is 11.8 Å². The van der Waals surface area contributed by atoms with Gasteiger partial charge in [-0.05, 0) is 38.0 Å². The van der Waals surface area contributed by atoms with Crippen LogP contribution in [0.1, 0.15) is 52.9 Å². The number of hydrogen-bond donors (Lipinski definition) is 0. The van der Waals surface area contributed by atoms with Crippen LogP contribution in [0.2, 0.25) is 0 Å². The van der Waals surface area contributed by atoms with Crippen molar-refractivity contribution in [2.24, 2.45) is 11.8 Å². The first-order valence-corrected chi connectivity index (χ1v) is 8.16. The lowest BCUT2D eigenvalue weighted by molar-refractivity contribution is 0.153. The summed E-state index contributed by atoms with van der Waals surface area (Å²) in [4.78, 5) is 2.55. The van der Waals surface area contributed by atoms with Gasteiger partial charge >= 0.3 is 0 Å². The zero-order chi connectivity index (χ0) is 12.4. The van der Waals surface area contributed by atoms with E-state index in [2.05, 4.69) is 50.6 Å². The molecule has 2 aliphatic rings. The number of rotatable bonds is 3. The highest BCUT2D eigenvalue weighted by molar-refractivity contribution is 8.03. The van der Waals surface area contributed by atoms with Crippen LogP contribution in [0.3, 0.4) is 0 Å². The van der Waals surface area contributed by atoms with Gasteiger partial charge in [-0.3, -0.25) is 0 Å².